The summed E-state index contributed by atoms with van der Waals surface area (Å²) in [4.78, 5) is 2.34. The Hall–Kier alpha value is -0.650. The minimum atomic E-state index is 0.0383. The van der Waals surface area contributed by atoms with Crippen LogP contribution in [0.15, 0.2) is 30.3 Å². The summed E-state index contributed by atoms with van der Waals surface area (Å²) in [7, 11) is 0. The van der Waals surface area contributed by atoms with Gasteiger partial charge in [0.25, 0.3) is 0 Å². The first-order chi connectivity index (χ1) is 9.77. The molecule has 1 unspecified atom stereocenters. The maximum Gasteiger partial charge on any atom is 0.132 e. The molecule has 0 spiro atoms. The van der Waals surface area contributed by atoms with Gasteiger partial charge in [-0.1, -0.05) is 53.5 Å². The minimum Gasteiger partial charge on any atom is -0.379 e. The number of ether oxygens (including phenoxy) is 1. The molecule has 2 aromatic rings. The zero-order valence-corrected chi connectivity index (χ0v) is 13.1. The summed E-state index contributed by atoms with van der Waals surface area (Å²) in [5, 5.41) is 0.567. The second-order valence-corrected chi connectivity index (χ2v) is 6.37. The molecule has 0 aliphatic carbocycles. The Bertz CT molecular complexity index is 570. The van der Waals surface area contributed by atoms with Crippen LogP contribution in [-0.4, -0.2) is 35.6 Å². The van der Waals surface area contributed by atoms with Crippen molar-refractivity contribution in [2.24, 2.45) is 0 Å². The normalized spacial score (nSPS) is 18.1. The van der Waals surface area contributed by atoms with Crippen molar-refractivity contribution < 1.29 is 4.74 Å². The van der Waals surface area contributed by atoms with Gasteiger partial charge in [0.05, 0.1) is 30.0 Å². The molecule has 106 valence electrons. The van der Waals surface area contributed by atoms with Crippen LogP contribution in [0.2, 0.25) is 9.36 Å². The Morgan fingerprint density at radius 3 is 2.45 bits per heavy atom. The van der Waals surface area contributed by atoms with Gasteiger partial charge in [-0.2, -0.15) is 4.37 Å². The van der Waals surface area contributed by atoms with Crippen LogP contribution in [-0.2, 0) is 4.74 Å². The summed E-state index contributed by atoms with van der Waals surface area (Å²) in [5.41, 5.74) is 2.02. The van der Waals surface area contributed by atoms with Gasteiger partial charge in [0.2, 0.25) is 0 Å². The summed E-state index contributed by atoms with van der Waals surface area (Å²) >= 11 is 13.7. The zero-order valence-electron chi connectivity index (χ0n) is 10.8. The number of rotatable bonds is 3. The predicted molar refractivity (Wildman–Crippen MR) is 82.8 cm³/mol. The highest BCUT2D eigenvalue weighted by Crippen LogP contribution is 2.38. The molecule has 3 rings (SSSR count). The standard InChI is InChI=1S/C14H14Cl2N2OS/c15-11-12(17-20-14(11)16)13(10-4-2-1-3-5-10)18-6-8-19-9-7-18/h1-5,13H,6-9H2. The second kappa shape index (κ2) is 6.41. The Kier molecular flexibility index (Phi) is 4.58. The molecule has 1 aliphatic rings. The second-order valence-electron chi connectivity index (χ2n) is 4.62. The Morgan fingerprint density at radius 1 is 1.15 bits per heavy atom. The average Bonchev–Trinajstić information content (AvgIpc) is 2.82. The van der Waals surface area contributed by atoms with Crippen LogP contribution < -0.4 is 0 Å². The highest BCUT2D eigenvalue weighted by Gasteiger charge is 2.29. The van der Waals surface area contributed by atoms with E-state index in [1.807, 2.05) is 18.2 Å². The van der Waals surface area contributed by atoms with Crippen LogP contribution in [0, 0.1) is 0 Å². The maximum atomic E-state index is 6.33. The zero-order chi connectivity index (χ0) is 13.9. The number of morpholine rings is 1. The average molecular weight is 329 g/mol. The molecule has 1 fully saturated rings. The molecule has 0 amide bonds. The van der Waals surface area contributed by atoms with Crippen molar-refractivity contribution in [3.63, 3.8) is 0 Å². The summed E-state index contributed by atoms with van der Waals surface area (Å²) in [6.45, 7) is 3.20. The Labute approximate surface area is 132 Å². The van der Waals surface area contributed by atoms with E-state index in [1.165, 1.54) is 17.1 Å². The molecule has 0 N–H and O–H groups in total. The number of nitrogens with zero attached hydrogens (tertiary/aromatic N) is 2. The van der Waals surface area contributed by atoms with Gasteiger partial charge in [-0.15, -0.1) is 0 Å². The molecule has 1 saturated heterocycles. The fourth-order valence-electron chi connectivity index (χ4n) is 2.45. The molecule has 1 aromatic heterocycles. The quantitative estimate of drug-likeness (QED) is 0.855. The molecular weight excluding hydrogens is 315 g/mol. The van der Waals surface area contributed by atoms with Gasteiger partial charge in [-0.3, -0.25) is 4.90 Å². The van der Waals surface area contributed by atoms with Crippen molar-refractivity contribution in [2.45, 2.75) is 6.04 Å². The van der Waals surface area contributed by atoms with Gasteiger partial charge in [0.15, 0.2) is 0 Å². The molecule has 0 saturated carbocycles. The summed E-state index contributed by atoms with van der Waals surface area (Å²) in [5.74, 6) is 0. The van der Waals surface area contributed by atoms with Crippen LogP contribution in [0.5, 0.6) is 0 Å². The van der Waals surface area contributed by atoms with Gasteiger partial charge >= 0.3 is 0 Å². The Morgan fingerprint density at radius 2 is 1.85 bits per heavy atom. The van der Waals surface area contributed by atoms with Crippen molar-refractivity contribution >= 4 is 34.7 Å². The van der Waals surface area contributed by atoms with Gasteiger partial charge in [-0.25, -0.2) is 0 Å². The minimum absolute atomic E-state index is 0.0383. The van der Waals surface area contributed by atoms with Gasteiger partial charge in [0, 0.05) is 13.1 Å². The number of hydrogen-bond acceptors (Lipinski definition) is 4. The number of hydrogen-bond donors (Lipinski definition) is 0. The molecule has 1 atom stereocenters. The predicted octanol–water partition coefficient (Wildman–Crippen LogP) is 3.87. The van der Waals surface area contributed by atoms with Crippen LogP contribution in [0.1, 0.15) is 17.3 Å². The topological polar surface area (TPSA) is 25.4 Å². The highest BCUT2D eigenvalue weighted by molar-refractivity contribution is 7.11. The first-order valence-corrected chi connectivity index (χ1v) is 7.97. The molecular formula is C14H14Cl2N2OS. The fourth-order valence-corrected chi connectivity index (χ4v) is 3.51. The smallest absolute Gasteiger partial charge is 0.132 e. The maximum absolute atomic E-state index is 6.33. The molecule has 20 heavy (non-hydrogen) atoms. The third kappa shape index (κ3) is 2.85. The first-order valence-electron chi connectivity index (χ1n) is 6.44. The summed E-state index contributed by atoms with van der Waals surface area (Å²) in [6.07, 6.45) is 0. The first kappa shape index (κ1) is 14.3. The van der Waals surface area contributed by atoms with Gasteiger partial charge in [0.1, 0.15) is 4.34 Å². The Balaban J connectivity index is 2.01. The van der Waals surface area contributed by atoms with Crippen molar-refractivity contribution in [3.8, 4) is 0 Å². The summed E-state index contributed by atoms with van der Waals surface area (Å²) in [6, 6.07) is 10.3. The van der Waals surface area contributed by atoms with Crippen LogP contribution in [0.4, 0.5) is 0 Å². The molecule has 3 nitrogen and oxygen atoms in total. The van der Waals surface area contributed by atoms with Crippen molar-refractivity contribution in [1.29, 1.82) is 0 Å². The van der Waals surface area contributed by atoms with E-state index in [1.54, 1.807) is 0 Å². The van der Waals surface area contributed by atoms with E-state index in [9.17, 15) is 0 Å². The lowest BCUT2D eigenvalue weighted by Gasteiger charge is -2.34. The molecule has 0 radical (unpaired) electrons. The molecule has 0 bridgehead atoms. The number of benzene rings is 1. The van der Waals surface area contributed by atoms with Crippen molar-refractivity contribution in [2.75, 3.05) is 26.3 Å². The lowest BCUT2D eigenvalue weighted by molar-refractivity contribution is 0.0234. The number of halogens is 2. The molecule has 2 heterocycles. The van der Waals surface area contributed by atoms with E-state index in [4.69, 9.17) is 27.9 Å². The van der Waals surface area contributed by atoms with E-state index in [0.29, 0.717) is 9.36 Å². The van der Waals surface area contributed by atoms with E-state index >= 15 is 0 Å². The highest BCUT2D eigenvalue weighted by atomic mass is 35.5. The lowest BCUT2D eigenvalue weighted by Crippen LogP contribution is -2.39. The number of aromatic nitrogens is 1. The van der Waals surface area contributed by atoms with Crippen molar-refractivity contribution in [3.05, 3.63) is 50.9 Å². The molecule has 6 heteroatoms. The largest absolute Gasteiger partial charge is 0.379 e. The molecule has 1 aliphatic heterocycles. The van der Waals surface area contributed by atoms with Crippen LogP contribution in [0.25, 0.3) is 0 Å². The van der Waals surface area contributed by atoms with Crippen molar-refractivity contribution in [1.82, 2.24) is 9.27 Å². The van der Waals surface area contributed by atoms with E-state index < -0.39 is 0 Å². The van der Waals surface area contributed by atoms with Crippen LogP contribution >= 0.6 is 34.7 Å². The lowest BCUT2D eigenvalue weighted by atomic mass is 10.0. The van der Waals surface area contributed by atoms with E-state index in [-0.39, 0.29) is 6.04 Å². The van der Waals surface area contributed by atoms with E-state index in [0.717, 1.165) is 32.0 Å². The molecule has 1 aromatic carbocycles. The third-order valence-corrected chi connectivity index (χ3v) is 5.05. The van der Waals surface area contributed by atoms with Gasteiger partial charge < -0.3 is 4.74 Å². The monoisotopic (exact) mass is 328 g/mol. The SMILES string of the molecule is Clc1snc(C(c2ccccc2)N2CCOCC2)c1Cl. The van der Waals surface area contributed by atoms with E-state index in [2.05, 4.69) is 21.4 Å². The van der Waals surface area contributed by atoms with Gasteiger partial charge in [-0.05, 0) is 17.1 Å². The van der Waals surface area contributed by atoms with Crippen LogP contribution in [0.3, 0.4) is 0 Å². The summed E-state index contributed by atoms with van der Waals surface area (Å²) < 4.78 is 10.5. The third-order valence-electron chi connectivity index (χ3n) is 3.41. The fraction of sp³-hybridized carbons (Fsp3) is 0.357.